The van der Waals surface area contributed by atoms with Gasteiger partial charge in [-0.3, -0.25) is 9.47 Å². The second-order valence-corrected chi connectivity index (χ2v) is 6.37. The van der Waals surface area contributed by atoms with Crippen LogP contribution in [0.3, 0.4) is 0 Å². The SMILES string of the molecule is CCc1ccc(CN(C)[C@@H](C)c2nc3ccccc3n2C(F)F)cc1. The molecule has 0 aliphatic rings. The van der Waals surface area contributed by atoms with Crippen LogP contribution < -0.4 is 0 Å². The number of aromatic nitrogens is 2. The van der Waals surface area contributed by atoms with Crippen LogP contribution in [-0.4, -0.2) is 21.5 Å². The molecule has 0 saturated carbocycles. The molecule has 0 spiro atoms. The average Bonchev–Trinajstić information content (AvgIpc) is 3.01. The van der Waals surface area contributed by atoms with Crippen molar-refractivity contribution in [1.29, 1.82) is 0 Å². The van der Waals surface area contributed by atoms with Gasteiger partial charge in [-0.25, -0.2) is 4.98 Å². The Morgan fingerprint density at radius 2 is 1.68 bits per heavy atom. The number of alkyl halides is 2. The summed E-state index contributed by atoms with van der Waals surface area (Å²) in [7, 11) is 1.94. The molecule has 0 fully saturated rings. The van der Waals surface area contributed by atoms with Crippen LogP contribution >= 0.6 is 0 Å². The van der Waals surface area contributed by atoms with Gasteiger partial charge in [-0.2, -0.15) is 8.78 Å². The fourth-order valence-corrected chi connectivity index (χ4v) is 3.07. The van der Waals surface area contributed by atoms with Crippen LogP contribution in [0.1, 0.15) is 43.4 Å². The number of imidazole rings is 1. The Bertz CT molecular complexity index is 840. The molecule has 1 aromatic heterocycles. The number of benzene rings is 2. The van der Waals surface area contributed by atoms with E-state index in [-0.39, 0.29) is 6.04 Å². The molecule has 3 aromatic rings. The molecule has 0 N–H and O–H groups in total. The monoisotopic (exact) mass is 343 g/mol. The standard InChI is InChI=1S/C20H23F2N3/c1-4-15-9-11-16(12-10-15)13-24(3)14(2)19-23-17-7-5-6-8-18(17)25(19)20(21)22/h5-12,14,20H,4,13H2,1-3H3/t14-/m0/s1. The topological polar surface area (TPSA) is 21.1 Å². The lowest BCUT2D eigenvalue weighted by molar-refractivity contribution is 0.0657. The Morgan fingerprint density at radius 1 is 1.04 bits per heavy atom. The number of halogens is 2. The van der Waals surface area contributed by atoms with Crippen LogP contribution in [0.15, 0.2) is 48.5 Å². The first-order valence-corrected chi connectivity index (χ1v) is 8.54. The normalized spacial score (nSPS) is 13.1. The van der Waals surface area contributed by atoms with Gasteiger partial charge in [0.1, 0.15) is 5.82 Å². The average molecular weight is 343 g/mol. The van der Waals surface area contributed by atoms with Gasteiger partial charge < -0.3 is 0 Å². The number of hydrogen-bond donors (Lipinski definition) is 0. The lowest BCUT2D eigenvalue weighted by atomic mass is 10.1. The van der Waals surface area contributed by atoms with E-state index in [4.69, 9.17) is 0 Å². The maximum atomic E-state index is 13.6. The van der Waals surface area contributed by atoms with E-state index in [2.05, 4.69) is 36.2 Å². The molecule has 132 valence electrons. The van der Waals surface area contributed by atoms with Gasteiger partial charge in [0.2, 0.25) is 0 Å². The zero-order valence-corrected chi connectivity index (χ0v) is 14.8. The van der Waals surface area contributed by atoms with Crippen molar-refractivity contribution in [3.05, 3.63) is 65.5 Å². The zero-order chi connectivity index (χ0) is 18.0. The minimum atomic E-state index is -2.61. The predicted octanol–water partition coefficient (Wildman–Crippen LogP) is 5.19. The molecule has 0 bridgehead atoms. The van der Waals surface area contributed by atoms with E-state index >= 15 is 0 Å². The van der Waals surface area contributed by atoms with E-state index in [0.29, 0.717) is 23.4 Å². The van der Waals surface area contributed by atoms with Crippen molar-refractivity contribution >= 4 is 11.0 Å². The molecule has 5 heteroatoms. The summed E-state index contributed by atoms with van der Waals surface area (Å²) in [5.74, 6) is 0.392. The first kappa shape index (κ1) is 17.5. The van der Waals surface area contributed by atoms with E-state index in [1.54, 1.807) is 18.2 Å². The summed E-state index contributed by atoms with van der Waals surface area (Å²) in [5.41, 5.74) is 3.52. The molecule has 2 aromatic carbocycles. The minimum Gasteiger partial charge on any atom is -0.292 e. The van der Waals surface area contributed by atoms with E-state index in [0.717, 1.165) is 16.6 Å². The maximum absolute atomic E-state index is 13.6. The van der Waals surface area contributed by atoms with E-state index in [1.807, 2.05) is 24.9 Å². The Balaban J connectivity index is 1.87. The van der Waals surface area contributed by atoms with Gasteiger partial charge in [0.15, 0.2) is 0 Å². The first-order chi connectivity index (χ1) is 12.0. The van der Waals surface area contributed by atoms with Crippen molar-refractivity contribution in [2.24, 2.45) is 0 Å². The third kappa shape index (κ3) is 3.56. The highest BCUT2D eigenvalue weighted by Gasteiger charge is 2.24. The number of fused-ring (bicyclic) bond motifs is 1. The van der Waals surface area contributed by atoms with Gasteiger partial charge in [-0.1, -0.05) is 43.3 Å². The molecular weight excluding hydrogens is 320 g/mol. The van der Waals surface area contributed by atoms with Crippen LogP contribution in [0.5, 0.6) is 0 Å². The lowest BCUT2D eigenvalue weighted by Gasteiger charge is -2.25. The molecule has 1 heterocycles. The molecular formula is C20H23F2N3. The van der Waals surface area contributed by atoms with Crippen LogP contribution in [0.4, 0.5) is 8.78 Å². The Morgan fingerprint density at radius 3 is 2.32 bits per heavy atom. The number of aryl methyl sites for hydroxylation is 1. The summed E-state index contributed by atoms with van der Waals surface area (Å²) >= 11 is 0. The lowest BCUT2D eigenvalue weighted by Crippen LogP contribution is -2.25. The number of nitrogens with zero attached hydrogens (tertiary/aromatic N) is 3. The highest BCUT2D eigenvalue weighted by atomic mass is 19.3. The summed E-state index contributed by atoms with van der Waals surface area (Å²) < 4.78 is 28.3. The van der Waals surface area contributed by atoms with Crippen molar-refractivity contribution < 1.29 is 8.78 Å². The summed E-state index contributed by atoms with van der Waals surface area (Å²) in [6.07, 6.45) is 1.00. The van der Waals surface area contributed by atoms with Crippen molar-refractivity contribution in [3.63, 3.8) is 0 Å². The fourth-order valence-electron chi connectivity index (χ4n) is 3.07. The van der Waals surface area contributed by atoms with Gasteiger partial charge in [0.25, 0.3) is 0 Å². The summed E-state index contributed by atoms with van der Waals surface area (Å²) in [4.78, 5) is 6.51. The van der Waals surface area contributed by atoms with Crippen molar-refractivity contribution in [3.8, 4) is 0 Å². The van der Waals surface area contributed by atoms with E-state index in [9.17, 15) is 8.78 Å². The van der Waals surface area contributed by atoms with E-state index in [1.165, 1.54) is 5.56 Å². The third-order valence-corrected chi connectivity index (χ3v) is 4.72. The molecule has 0 aliphatic carbocycles. The maximum Gasteiger partial charge on any atom is 0.320 e. The van der Waals surface area contributed by atoms with Gasteiger partial charge in [-0.15, -0.1) is 0 Å². The van der Waals surface area contributed by atoms with Crippen molar-refractivity contribution in [1.82, 2.24) is 14.5 Å². The van der Waals surface area contributed by atoms with Crippen molar-refractivity contribution in [2.75, 3.05) is 7.05 Å². The van der Waals surface area contributed by atoms with Gasteiger partial charge in [-0.05, 0) is 43.7 Å². The quantitative estimate of drug-likeness (QED) is 0.614. The minimum absolute atomic E-state index is 0.229. The number of para-hydroxylation sites is 2. The van der Waals surface area contributed by atoms with Gasteiger partial charge >= 0.3 is 6.55 Å². The first-order valence-electron chi connectivity index (χ1n) is 8.54. The molecule has 25 heavy (non-hydrogen) atoms. The largest absolute Gasteiger partial charge is 0.320 e. The second-order valence-electron chi connectivity index (χ2n) is 6.37. The predicted molar refractivity (Wildman–Crippen MR) is 96.7 cm³/mol. The smallest absolute Gasteiger partial charge is 0.292 e. The third-order valence-electron chi connectivity index (χ3n) is 4.72. The number of hydrogen-bond acceptors (Lipinski definition) is 2. The molecule has 3 rings (SSSR count). The molecule has 3 nitrogen and oxygen atoms in total. The molecule has 0 aliphatic heterocycles. The van der Waals surface area contributed by atoms with Gasteiger partial charge in [0.05, 0.1) is 17.1 Å². The molecule has 0 unspecified atom stereocenters. The summed E-state index contributed by atoms with van der Waals surface area (Å²) in [6.45, 7) is 2.11. The summed E-state index contributed by atoms with van der Waals surface area (Å²) in [6, 6.07) is 15.2. The molecule has 0 saturated heterocycles. The molecule has 0 amide bonds. The van der Waals surface area contributed by atoms with E-state index < -0.39 is 6.55 Å². The zero-order valence-electron chi connectivity index (χ0n) is 14.8. The van der Waals surface area contributed by atoms with Gasteiger partial charge in [0, 0.05) is 6.54 Å². The number of rotatable bonds is 6. The Kier molecular flexibility index (Phi) is 5.13. The van der Waals surface area contributed by atoms with Crippen LogP contribution in [0, 0.1) is 0 Å². The van der Waals surface area contributed by atoms with Crippen LogP contribution in [0.25, 0.3) is 11.0 Å². The van der Waals surface area contributed by atoms with Crippen LogP contribution in [0.2, 0.25) is 0 Å². The van der Waals surface area contributed by atoms with Crippen LogP contribution in [-0.2, 0) is 13.0 Å². The van der Waals surface area contributed by atoms with Crippen molar-refractivity contribution in [2.45, 2.75) is 39.4 Å². The second kappa shape index (κ2) is 7.31. The molecule has 0 radical (unpaired) electrons. The highest BCUT2D eigenvalue weighted by molar-refractivity contribution is 5.76. The highest BCUT2D eigenvalue weighted by Crippen LogP contribution is 2.29. The summed E-state index contributed by atoms with van der Waals surface area (Å²) in [5, 5.41) is 0. The Hall–Kier alpha value is -2.27. The fraction of sp³-hybridized carbons (Fsp3) is 0.350. The molecule has 1 atom stereocenters. The Labute approximate surface area is 146 Å².